The molecule has 4 N–H and O–H groups in total. The molecule has 0 spiro atoms. The second-order valence-electron chi connectivity index (χ2n) is 8.18. The number of hydrazone groups is 1. The summed E-state index contributed by atoms with van der Waals surface area (Å²) in [6.45, 7) is -0.204. The van der Waals surface area contributed by atoms with Crippen LogP contribution in [-0.4, -0.2) is 60.0 Å². The molecule has 4 rings (SSSR count). The minimum atomic E-state index is -1.06. The minimum absolute atomic E-state index is 0.0753. The molecule has 0 bridgehead atoms. The minimum Gasteiger partial charge on any atom is -0.508 e. The summed E-state index contributed by atoms with van der Waals surface area (Å²) in [4.78, 5) is 29.7. The Labute approximate surface area is 210 Å². The second kappa shape index (κ2) is 10.5. The number of methoxy groups -OCH3 is 1. The van der Waals surface area contributed by atoms with Gasteiger partial charge in [-0.1, -0.05) is 0 Å². The molecular weight excluding hydrogens is 484 g/mol. The first-order valence-corrected chi connectivity index (χ1v) is 11.1. The lowest BCUT2D eigenvalue weighted by Crippen LogP contribution is -2.38. The Morgan fingerprint density at radius 1 is 1.08 bits per heavy atom. The molecule has 0 saturated heterocycles. The van der Waals surface area contributed by atoms with E-state index >= 15 is 0 Å². The molecule has 13 nitrogen and oxygen atoms in total. The predicted octanol–water partition coefficient (Wildman–Crippen LogP) is 0.739. The van der Waals surface area contributed by atoms with E-state index in [-0.39, 0.29) is 41.8 Å². The van der Waals surface area contributed by atoms with E-state index in [1.165, 1.54) is 41.6 Å². The van der Waals surface area contributed by atoms with Crippen LogP contribution < -0.4 is 26.1 Å². The molecule has 194 valence electrons. The maximum atomic E-state index is 13.0. The highest BCUT2D eigenvalue weighted by molar-refractivity contribution is 5.84. The Balaban J connectivity index is 1.63. The highest BCUT2D eigenvalue weighted by Crippen LogP contribution is 2.22. The third kappa shape index (κ3) is 5.26. The number of benzene rings is 2. The van der Waals surface area contributed by atoms with Crippen LogP contribution in [0.1, 0.15) is 5.56 Å². The summed E-state index contributed by atoms with van der Waals surface area (Å²) in [6.07, 6.45) is 0.228. The first-order chi connectivity index (χ1) is 17.7. The number of aliphatic hydroxyl groups excluding tert-OH is 1. The molecule has 0 radical (unpaired) electrons. The Morgan fingerprint density at radius 3 is 2.46 bits per heavy atom. The Morgan fingerprint density at radius 2 is 1.78 bits per heavy atom. The highest BCUT2D eigenvalue weighted by Gasteiger charge is 2.21. The van der Waals surface area contributed by atoms with E-state index in [0.717, 1.165) is 10.6 Å². The number of nitrogens with zero attached hydrogens (tertiary/aromatic N) is 5. The fourth-order valence-corrected chi connectivity index (χ4v) is 3.64. The van der Waals surface area contributed by atoms with Crippen molar-refractivity contribution in [2.45, 2.75) is 12.6 Å². The zero-order chi connectivity index (χ0) is 26.7. The van der Waals surface area contributed by atoms with Crippen molar-refractivity contribution < 1.29 is 24.8 Å². The monoisotopic (exact) mass is 510 g/mol. The van der Waals surface area contributed by atoms with Gasteiger partial charge in [0.15, 0.2) is 11.2 Å². The van der Waals surface area contributed by atoms with Crippen molar-refractivity contribution in [2.75, 3.05) is 19.1 Å². The second-order valence-corrected chi connectivity index (χ2v) is 8.18. The number of aliphatic hydroxyl groups is 1. The highest BCUT2D eigenvalue weighted by atomic mass is 16.5. The number of phenolic OH excluding ortho intramolecular Hbond substituents is 2. The first kappa shape index (κ1) is 25.3. The van der Waals surface area contributed by atoms with Crippen LogP contribution in [0.25, 0.3) is 11.2 Å². The quantitative estimate of drug-likeness (QED) is 0.188. The van der Waals surface area contributed by atoms with Crippen LogP contribution in [0, 0.1) is 0 Å². The third-order valence-corrected chi connectivity index (χ3v) is 5.63. The van der Waals surface area contributed by atoms with E-state index in [4.69, 9.17) is 9.47 Å². The average Bonchev–Trinajstić information content (AvgIpc) is 3.24. The molecule has 0 aliphatic rings. The fourth-order valence-electron chi connectivity index (χ4n) is 3.64. The van der Waals surface area contributed by atoms with Gasteiger partial charge in [0.25, 0.3) is 5.56 Å². The summed E-state index contributed by atoms with van der Waals surface area (Å²) < 4.78 is 14.3. The lowest BCUT2D eigenvalue weighted by Gasteiger charge is -2.15. The molecule has 2 heterocycles. The zero-order valence-electron chi connectivity index (χ0n) is 20.3. The van der Waals surface area contributed by atoms with E-state index < -0.39 is 17.4 Å². The Hall–Kier alpha value is -4.78. The number of hydrogen-bond donors (Lipinski definition) is 4. The number of fused-ring (bicyclic) bond motifs is 1. The topological polar surface area (TPSA) is 165 Å². The van der Waals surface area contributed by atoms with E-state index in [0.29, 0.717) is 17.1 Å². The Kier molecular flexibility index (Phi) is 7.15. The van der Waals surface area contributed by atoms with Crippen LogP contribution in [0.15, 0.2) is 57.2 Å². The van der Waals surface area contributed by atoms with E-state index in [1.54, 1.807) is 31.4 Å². The molecule has 0 amide bonds. The van der Waals surface area contributed by atoms with Crippen LogP contribution in [0.5, 0.6) is 23.0 Å². The maximum Gasteiger partial charge on any atom is 0.332 e. The number of aromatic hydroxyl groups is 2. The van der Waals surface area contributed by atoms with Gasteiger partial charge in [-0.05, 0) is 36.4 Å². The van der Waals surface area contributed by atoms with Gasteiger partial charge in [-0.3, -0.25) is 13.9 Å². The molecule has 0 aliphatic carbocycles. The number of phenols is 2. The van der Waals surface area contributed by atoms with Crippen molar-refractivity contribution in [1.82, 2.24) is 18.7 Å². The van der Waals surface area contributed by atoms with Crippen molar-refractivity contribution in [2.24, 2.45) is 19.2 Å². The maximum absolute atomic E-state index is 13.0. The number of ether oxygens (including phenoxy) is 2. The fraction of sp³-hybridized carbons (Fsp3) is 0.250. The molecule has 0 saturated carbocycles. The van der Waals surface area contributed by atoms with Crippen molar-refractivity contribution in [3.8, 4) is 23.0 Å². The zero-order valence-corrected chi connectivity index (χ0v) is 20.3. The van der Waals surface area contributed by atoms with Gasteiger partial charge >= 0.3 is 5.69 Å². The summed E-state index contributed by atoms with van der Waals surface area (Å²) in [5, 5.41) is 34.2. The normalized spacial score (nSPS) is 12.2. The van der Waals surface area contributed by atoms with Crippen LogP contribution in [0.4, 0.5) is 5.95 Å². The van der Waals surface area contributed by atoms with Gasteiger partial charge < -0.3 is 29.4 Å². The van der Waals surface area contributed by atoms with Gasteiger partial charge in [0.2, 0.25) is 5.95 Å². The number of anilines is 1. The van der Waals surface area contributed by atoms with Crippen LogP contribution in [-0.2, 0) is 20.6 Å². The molecule has 13 heteroatoms. The molecular formula is C24H26N6O7. The molecule has 1 atom stereocenters. The first-order valence-electron chi connectivity index (χ1n) is 11.1. The third-order valence-electron chi connectivity index (χ3n) is 5.63. The molecule has 37 heavy (non-hydrogen) atoms. The van der Waals surface area contributed by atoms with Gasteiger partial charge in [-0.2, -0.15) is 10.1 Å². The van der Waals surface area contributed by atoms with Crippen molar-refractivity contribution in [1.29, 1.82) is 0 Å². The lowest BCUT2D eigenvalue weighted by molar-refractivity contribution is 0.0938. The molecule has 2 aromatic heterocycles. The van der Waals surface area contributed by atoms with Crippen molar-refractivity contribution in [3.63, 3.8) is 0 Å². The number of aryl methyl sites for hydroxylation is 1. The number of aromatic nitrogens is 4. The summed E-state index contributed by atoms with van der Waals surface area (Å²) in [7, 11) is 4.38. The largest absolute Gasteiger partial charge is 0.508 e. The molecule has 0 unspecified atom stereocenters. The standard InChI is InChI=1S/C24H26N6O7/c1-28-21-20(22(34)29(2)24(28)35)30(12-16(32)13-37-18-8-6-17(36-3)7-9-18)23(26-21)27-25-11-14-4-5-15(31)10-19(14)33/h4-11,16,31-33H,12-13H2,1-3H3,(H,26,27)/b25-11-/t16-/m0/s1. The number of hydrogen-bond acceptors (Lipinski definition) is 10. The van der Waals surface area contributed by atoms with E-state index in [2.05, 4.69) is 15.5 Å². The van der Waals surface area contributed by atoms with Crippen LogP contribution in [0.2, 0.25) is 0 Å². The molecule has 4 aromatic rings. The number of imidazole rings is 1. The molecule has 0 aliphatic heterocycles. The van der Waals surface area contributed by atoms with Crippen molar-refractivity contribution >= 4 is 23.3 Å². The summed E-state index contributed by atoms with van der Waals surface area (Å²) in [5.41, 5.74) is 2.03. The van der Waals surface area contributed by atoms with Gasteiger partial charge in [-0.25, -0.2) is 10.2 Å². The van der Waals surface area contributed by atoms with Gasteiger partial charge in [0.05, 0.1) is 19.9 Å². The Bertz CT molecular complexity index is 1570. The summed E-state index contributed by atoms with van der Waals surface area (Å²) in [5.74, 6) is 0.959. The lowest BCUT2D eigenvalue weighted by atomic mass is 10.2. The molecule has 0 fully saturated rings. The van der Waals surface area contributed by atoms with Gasteiger partial charge in [-0.15, -0.1) is 0 Å². The number of nitrogens with one attached hydrogen (secondary N) is 1. The smallest absolute Gasteiger partial charge is 0.332 e. The van der Waals surface area contributed by atoms with E-state index in [9.17, 15) is 24.9 Å². The summed E-state index contributed by atoms with van der Waals surface area (Å²) >= 11 is 0. The summed E-state index contributed by atoms with van der Waals surface area (Å²) in [6, 6.07) is 10.8. The predicted molar refractivity (Wildman–Crippen MR) is 136 cm³/mol. The van der Waals surface area contributed by atoms with E-state index in [1.807, 2.05) is 0 Å². The SMILES string of the molecule is COc1ccc(OC[C@@H](O)Cn2c(N/N=C\c3ccc(O)cc3O)nc3c2c(=O)n(C)c(=O)n3C)cc1. The van der Waals surface area contributed by atoms with Crippen LogP contribution in [0.3, 0.4) is 0 Å². The average molecular weight is 511 g/mol. The van der Waals surface area contributed by atoms with Crippen LogP contribution >= 0.6 is 0 Å². The van der Waals surface area contributed by atoms with Crippen molar-refractivity contribution in [3.05, 3.63) is 68.9 Å². The molecule has 2 aromatic carbocycles. The van der Waals surface area contributed by atoms with Gasteiger partial charge in [0, 0.05) is 25.7 Å². The number of rotatable bonds is 9. The van der Waals surface area contributed by atoms with Gasteiger partial charge in [0.1, 0.15) is 35.7 Å².